The standard InChI is InChI=1S/C23H31N7/c1-16-19-5-4-17(14-20(19)28-30(16)3)26-22-25-12-8-21(27-22)29(2)18-6-9-23(10-7-18)11-13-24-15-23/h4-5,8,12,14,18,24H,6-7,9-11,13,15H2,1-3H3,(H,25,26,27). The van der Waals surface area contributed by atoms with Crippen LogP contribution in [0.3, 0.4) is 0 Å². The third kappa shape index (κ3) is 3.51. The maximum absolute atomic E-state index is 4.80. The summed E-state index contributed by atoms with van der Waals surface area (Å²) in [6, 6.07) is 8.78. The molecule has 1 aliphatic carbocycles. The predicted molar refractivity (Wildman–Crippen MR) is 121 cm³/mol. The predicted octanol–water partition coefficient (Wildman–Crippen LogP) is 3.77. The highest BCUT2D eigenvalue weighted by molar-refractivity contribution is 5.85. The smallest absolute Gasteiger partial charge is 0.229 e. The molecule has 0 bridgehead atoms. The molecule has 0 amide bonds. The van der Waals surface area contributed by atoms with Gasteiger partial charge in [-0.2, -0.15) is 10.1 Å². The van der Waals surface area contributed by atoms with Gasteiger partial charge in [-0.3, -0.25) is 4.68 Å². The molecular formula is C23H31N7. The topological polar surface area (TPSA) is 70.9 Å². The van der Waals surface area contributed by atoms with Crippen molar-refractivity contribution in [1.82, 2.24) is 25.1 Å². The lowest BCUT2D eigenvalue weighted by Crippen LogP contribution is -2.40. The number of aryl methyl sites for hydroxylation is 2. The van der Waals surface area contributed by atoms with Crippen molar-refractivity contribution in [2.45, 2.75) is 45.1 Å². The van der Waals surface area contributed by atoms with Crippen molar-refractivity contribution in [3.63, 3.8) is 0 Å². The van der Waals surface area contributed by atoms with Crippen LogP contribution in [-0.4, -0.2) is 45.9 Å². The second-order valence-electron chi connectivity index (χ2n) is 9.07. The van der Waals surface area contributed by atoms with Gasteiger partial charge in [-0.25, -0.2) is 4.98 Å². The zero-order valence-corrected chi connectivity index (χ0v) is 18.1. The average molecular weight is 406 g/mol. The number of nitrogens with one attached hydrogen (secondary N) is 2. The first kappa shape index (κ1) is 19.3. The van der Waals surface area contributed by atoms with Crippen LogP contribution >= 0.6 is 0 Å². The third-order valence-corrected chi connectivity index (χ3v) is 7.28. The van der Waals surface area contributed by atoms with E-state index < -0.39 is 0 Å². The van der Waals surface area contributed by atoms with Crippen LogP contribution in [0.15, 0.2) is 30.5 Å². The molecule has 158 valence electrons. The van der Waals surface area contributed by atoms with E-state index in [0.29, 0.717) is 17.4 Å². The fraction of sp³-hybridized carbons (Fsp3) is 0.522. The van der Waals surface area contributed by atoms with Crippen LogP contribution in [0.2, 0.25) is 0 Å². The number of rotatable bonds is 4. The third-order valence-electron chi connectivity index (χ3n) is 7.28. The van der Waals surface area contributed by atoms with Gasteiger partial charge in [0.25, 0.3) is 0 Å². The highest BCUT2D eigenvalue weighted by atomic mass is 15.3. The van der Waals surface area contributed by atoms with Gasteiger partial charge in [-0.15, -0.1) is 0 Å². The first-order valence-electron chi connectivity index (χ1n) is 11.0. The Labute approximate surface area is 177 Å². The van der Waals surface area contributed by atoms with E-state index in [4.69, 9.17) is 4.98 Å². The number of anilines is 3. The Hall–Kier alpha value is -2.67. The summed E-state index contributed by atoms with van der Waals surface area (Å²) in [5.41, 5.74) is 3.65. The summed E-state index contributed by atoms with van der Waals surface area (Å²) >= 11 is 0. The number of nitrogens with zero attached hydrogens (tertiary/aromatic N) is 5. The van der Waals surface area contributed by atoms with Gasteiger partial charge in [-0.1, -0.05) is 0 Å². The number of hydrogen-bond acceptors (Lipinski definition) is 6. The van der Waals surface area contributed by atoms with Gasteiger partial charge in [0.05, 0.1) is 5.52 Å². The van der Waals surface area contributed by atoms with E-state index in [1.807, 2.05) is 24.0 Å². The Morgan fingerprint density at radius 2 is 2.03 bits per heavy atom. The highest BCUT2D eigenvalue weighted by Gasteiger charge is 2.38. The van der Waals surface area contributed by atoms with Crippen LogP contribution in [0.5, 0.6) is 0 Å². The molecule has 30 heavy (non-hydrogen) atoms. The number of aromatic nitrogens is 4. The summed E-state index contributed by atoms with van der Waals surface area (Å²) in [6.07, 6.45) is 8.28. The highest BCUT2D eigenvalue weighted by Crippen LogP contribution is 2.42. The quantitative estimate of drug-likeness (QED) is 0.688. The molecule has 2 fully saturated rings. The maximum atomic E-state index is 4.80. The lowest BCUT2D eigenvalue weighted by atomic mass is 9.72. The Kier molecular flexibility index (Phi) is 4.85. The molecule has 1 saturated carbocycles. The van der Waals surface area contributed by atoms with Gasteiger partial charge in [0.15, 0.2) is 0 Å². The van der Waals surface area contributed by atoms with Crippen molar-refractivity contribution >= 4 is 28.4 Å². The number of hydrogen-bond donors (Lipinski definition) is 2. The van der Waals surface area contributed by atoms with E-state index in [2.05, 4.69) is 57.8 Å². The maximum Gasteiger partial charge on any atom is 0.229 e. The van der Waals surface area contributed by atoms with Gasteiger partial charge in [0.1, 0.15) is 5.82 Å². The Morgan fingerprint density at radius 1 is 1.20 bits per heavy atom. The van der Waals surface area contributed by atoms with Gasteiger partial charge < -0.3 is 15.5 Å². The summed E-state index contributed by atoms with van der Waals surface area (Å²) in [4.78, 5) is 11.6. The summed E-state index contributed by atoms with van der Waals surface area (Å²) in [5, 5.41) is 12.7. The molecule has 7 heteroatoms. The van der Waals surface area contributed by atoms with Gasteiger partial charge in [0.2, 0.25) is 5.95 Å². The van der Waals surface area contributed by atoms with E-state index >= 15 is 0 Å². The molecule has 0 unspecified atom stereocenters. The fourth-order valence-electron chi connectivity index (χ4n) is 5.16. The molecule has 2 aromatic heterocycles. The number of fused-ring (bicyclic) bond motifs is 1. The van der Waals surface area contributed by atoms with Crippen molar-refractivity contribution in [3.8, 4) is 0 Å². The normalized spacial score (nSPS) is 23.9. The first-order valence-corrected chi connectivity index (χ1v) is 11.0. The molecule has 0 radical (unpaired) electrons. The van der Waals surface area contributed by atoms with E-state index in [9.17, 15) is 0 Å². The molecule has 3 aromatic rings. The van der Waals surface area contributed by atoms with Crippen LogP contribution < -0.4 is 15.5 Å². The molecule has 0 atom stereocenters. The Balaban J connectivity index is 1.29. The van der Waals surface area contributed by atoms with Gasteiger partial charge in [0, 0.05) is 49.6 Å². The Bertz CT molecular complexity index is 1040. The second kappa shape index (κ2) is 7.54. The van der Waals surface area contributed by atoms with Crippen molar-refractivity contribution in [1.29, 1.82) is 0 Å². The molecule has 7 nitrogen and oxygen atoms in total. The monoisotopic (exact) mass is 405 g/mol. The fourth-order valence-corrected chi connectivity index (χ4v) is 5.16. The van der Waals surface area contributed by atoms with Crippen LogP contribution in [0.25, 0.3) is 10.9 Å². The van der Waals surface area contributed by atoms with Crippen LogP contribution in [0.4, 0.5) is 17.5 Å². The molecule has 2 aliphatic rings. The Morgan fingerprint density at radius 3 is 2.80 bits per heavy atom. The first-order chi connectivity index (χ1) is 14.5. The van der Waals surface area contributed by atoms with Crippen molar-refractivity contribution in [2.75, 3.05) is 30.4 Å². The molecule has 1 saturated heterocycles. The summed E-state index contributed by atoms with van der Waals surface area (Å²) in [6.45, 7) is 4.47. The lowest BCUT2D eigenvalue weighted by Gasteiger charge is -2.40. The molecule has 1 spiro atoms. The largest absolute Gasteiger partial charge is 0.357 e. The minimum atomic E-state index is 0.548. The van der Waals surface area contributed by atoms with Gasteiger partial charge in [-0.05, 0) is 75.3 Å². The van der Waals surface area contributed by atoms with Crippen LogP contribution in [-0.2, 0) is 7.05 Å². The second-order valence-corrected chi connectivity index (χ2v) is 9.07. The lowest BCUT2D eigenvalue weighted by molar-refractivity contribution is 0.197. The summed E-state index contributed by atoms with van der Waals surface area (Å²) in [5.74, 6) is 1.60. The molecule has 1 aromatic carbocycles. The zero-order chi connectivity index (χ0) is 20.7. The zero-order valence-electron chi connectivity index (χ0n) is 18.1. The van der Waals surface area contributed by atoms with Gasteiger partial charge >= 0.3 is 0 Å². The molecular weight excluding hydrogens is 374 g/mol. The van der Waals surface area contributed by atoms with Crippen LogP contribution in [0, 0.1) is 12.3 Å². The van der Waals surface area contributed by atoms with E-state index in [1.54, 1.807) is 0 Å². The van der Waals surface area contributed by atoms with E-state index in [1.165, 1.54) is 56.3 Å². The van der Waals surface area contributed by atoms with Crippen molar-refractivity contribution in [3.05, 3.63) is 36.2 Å². The molecule has 3 heterocycles. The van der Waals surface area contributed by atoms with Crippen LogP contribution in [0.1, 0.15) is 37.8 Å². The van der Waals surface area contributed by atoms with Crippen molar-refractivity contribution < 1.29 is 0 Å². The molecule has 2 N–H and O–H groups in total. The average Bonchev–Trinajstić information content (AvgIpc) is 3.32. The SMILES string of the molecule is Cc1c2ccc(Nc3nccc(N(C)C4CCC5(CCNC5)CC4)n3)cc2nn1C. The van der Waals surface area contributed by atoms with E-state index in [0.717, 1.165) is 17.0 Å². The van der Waals surface area contributed by atoms with E-state index in [-0.39, 0.29) is 0 Å². The minimum Gasteiger partial charge on any atom is -0.357 e. The minimum absolute atomic E-state index is 0.548. The molecule has 5 rings (SSSR count). The number of benzene rings is 1. The van der Waals surface area contributed by atoms with Crippen molar-refractivity contribution in [2.24, 2.45) is 12.5 Å². The molecule has 1 aliphatic heterocycles. The summed E-state index contributed by atoms with van der Waals surface area (Å²) in [7, 11) is 4.14. The summed E-state index contributed by atoms with van der Waals surface area (Å²) < 4.78 is 1.91.